The Morgan fingerprint density at radius 2 is 2.00 bits per heavy atom. The van der Waals surface area contributed by atoms with Gasteiger partial charge in [0.15, 0.2) is 0 Å². The molecule has 0 bridgehead atoms. The van der Waals surface area contributed by atoms with E-state index in [9.17, 15) is 26.7 Å². The predicted molar refractivity (Wildman–Crippen MR) is 62.8 cm³/mol. The van der Waals surface area contributed by atoms with Gasteiger partial charge in [0.1, 0.15) is 5.75 Å². The molecule has 1 aromatic rings. The third kappa shape index (κ3) is 5.01. The Bertz CT molecular complexity index is 533. The minimum absolute atomic E-state index is 0.0152. The van der Waals surface area contributed by atoms with Crippen molar-refractivity contribution >= 4 is 5.97 Å². The second-order valence-corrected chi connectivity index (χ2v) is 3.85. The van der Waals surface area contributed by atoms with Crippen LogP contribution in [-0.2, 0) is 16.0 Å². The maximum Gasteiger partial charge on any atom is 0.573 e. The third-order valence-electron chi connectivity index (χ3n) is 2.35. The van der Waals surface area contributed by atoms with E-state index in [1.54, 1.807) is 0 Å². The highest BCUT2D eigenvalue weighted by molar-refractivity contribution is 5.73. The maximum absolute atomic E-state index is 13.1. The zero-order valence-electron chi connectivity index (χ0n) is 11.5. The number of hydrogen-bond donors (Lipinski definition) is 0. The molecule has 0 fully saturated rings. The van der Waals surface area contributed by atoms with Crippen LogP contribution in [0.25, 0.3) is 0 Å². The summed E-state index contributed by atoms with van der Waals surface area (Å²) in [6, 6.07) is 0.573. The van der Waals surface area contributed by atoms with Crippen LogP contribution in [0.15, 0.2) is 6.07 Å². The highest BCUT2D eigenvalue weighted by Gasteiger charge is 2.35. The number of alkyl halides is 5. The van der Waals surface area contributed by atoms with Gasteiger partial charge in [0.25, 0.3) is 6.43 Å². The van der Waals surface area contributed by atoms with E-state index < -0.39 is 48.1 Å². The Morgan fingerprint density at radius 3 is 2.45 bits per heavy atom. The Balaban J connectivity index is 3.33. The average molecular weight is 329 g/mol. The topological polar surface area (TPSA) is 57.7 Å². The molecule has 0 atom stereocenters. The summed E-state index contributed by atoms with van der Waals surface area (Å²) in [6.45, 7) is 1.47. The summed E-state index contributed by atoms with van der Waals surface area (Å²) < 4.78 is 75.8. The Hall–Kier alpha value is -2.13. The van der Waals surface area contributed by atoms with E-state index in [1.807, 2.05) is 0 Å². The highest BCUT2D eigenvalue weighted by atomic mass is 19.4. The fraction of sp³-hybridized carbons (Fsp3) is 0.500. The van der Waals surface area contributed by atoms with Crippen molar-refractivity contribution in [3.05, 3.63) is 17.3 Å². The van der Waals surface area contributed by atoms with Crippen LogP contribution >= 0.6 is 0 Å². The molecule has 0 radical (unpaired) electrons. The van der Waals surface area contributed by atoms with Crippen molar-refractivity contribution in [1.82, 2.24) is 4.98 Å². The second-order valence-electron chi connectivity index (χ2n) is 3.85. The maximum atomic E-state index is 13.1. The zero-order chi connectivity index (χ0) is 16.9. The molecule has 5 nitrogen and oxygen atoms in total. The fourth-order valence-electron chi connectivity index (χ4n) is 1.59. The van der Waals surface area contributed by atoms with Crippen molar-refractivity contribution < 1.29 is 41.0 Å². The molecule has 1 heterocycles. The molecule has 0 aliphatic heterocycles. The standard InChI is InChI=1S/C12H12F5NO4/c1-3-21-9(19)4-6-10(11(13)14)7(22-12(15,16)17)5-8(18-6)20-2/h5,11H,3-4H2,1-2H3. The summed E-state index contributed by atoms with van der Waals surface area (Å²) in [4.78, 5) is 14.9. The quantitative estimate of drug-likeness (QED) is 0.593. The summed E-state index contributed by atoms with van der Waals surface area (Å²) >= 11 is 0. The van der Waals surface area contributed by atoms with Gasteiger partial charge in [0.2, 0.25) is 5.88 Å². The van der Waals surface area contributed by atoms with Crippen LogP contribution in [-0.4, -0.2) is 31.0 Å². The van der Waals surface area contributed by atoms with E-state index in [4.69, 9.17) is 0 Å². The lowest BCUT2D eigenvalue weighted by Crippen LogP contribution is -2.20. The van der Waals surface area contributed by atoms with E-state index in [0.717, 1.165) is 7.11 Å². The van der Waals surface area contributed by atoms with E-state index in [-0.39, 0.29) is 6.61 Å². The van der Waals surface area contributed by atoms with Gasteiger partial charge >= 0.3 is 12.3 Å². The molecule has 0 N–H and O–H groups in total. The number of aromatic nitrogens is 1. The fourth-order valence-corrected chi connectivity index (χ4v) is 1.59. The smallest absolute Gasteiger partial charge is 0.481 e. The third-order valence-corrected chi connectivity index (χ3v) is 2.35. The molecule has 0 amide bonds. The number of carbonyl (C=O) groups is 1. The molecule has 0 spiro atoms. The number of nitrogens with zero attached hydrogens (tertiary/aromatic N) is 1. The molecule has 0 aromatic carbocycles. The molecule has 124 valence electrons. The first-order valence-corrected chi connectivity index (χ1v) is 5.95. The SMILES string of the molecule is CCOC(=O)Cc1nc(OC)cc(OC(F)(F)F)c1C(F)F. The van der Waals surface area contributed by atoms with Crippen molar-refractivity contribution in [3.8, 4) is 11.6 Å². The normalized spacial score (nSPS) is 11.5. The summed E-state index contributed by atoms with van der Waals surface area (Å²) in [6.07, 6.45) is -9.25. The molecule has 0 unspecified atom stereocenters. The number of rotatable bonds is 6. The molecule has 1 rings (SSSR count). The van der Waals surface area contributed by atoms with Gasteiger partial charge in [-0.2, -0.15) is 0 Å². The van der Waals surface area contributed by atoms with Crippen LogP contribution in [0.4, 0.5) is 22.0 Å². The molecule has 22 heavy (non-hydrogen) atoms. The first-order chi connectivity index (χ1) is 10.2. The van der Waals surface area contributed by atoms with Crippen LogP contribution in [0.5, 0.6) is 11.6 Å². The Labute approximate surface area is 122 Å². The number of halogens is 5. The van der Waals surface area contributed by atoms with Crippen LogP contribution in [0, 0.1) is 0 Å². The van der Waals surface area contributed by atoms with Crippen molar-refractivity contribution in [2.24, 2.45) is 0 Å². The van der Waals surface area contributed by atoms with Gasteiger partial charge in [-0.3, -0.25) is 4.79 Å². The molecule has 0 aliphatic carbocycles. The first kappa shape index (κ1) is 17.9. The minimum Gasteiger partial charge on any atom is -0.481 e. The first-order valence-electron chi connectivity index (χ1n) is 5.95. The van der Waals surface area contributed by atoms with E-state index >= 15 is 0 Å². The lowest BCUT2D eigenvalue weighted by molar-refractivity contribution is -0.275. The number of ether oxygens (including phenoxy) is 3. The lowest BCUT2D eigenvalue weighted by Gasteiger charge is -2.16. The van der Waals surface area contributed by atoms with Crippen molar-refractivity contribution in [1.29, 1.82) is 0 Å². The largest absolute Gasteiger partial charge is 0.573 e. The summed E-state index contributed by atoms with van der Waals surface area (Å²) in [5, 5.41) is 0. The molecular weight excluding hydrogens is 317 g/mol. The number of esters is 1. The molecule has 0 saturated carbocycles. The number of methoxy groups -OCH3 is 1. The van der Waals surface area contributed by atoms with Crippen LogP contribution in [0.3, 0.4) is 0 Å². The number of hydrogen-bond acceptors (Lipinski definition) is 5. The average Bonchev–Trinajstić information content (AvgIpc) is 2.35. The Kier molecular flexibility index (Phi) is 5.89. The van der Waals surface area contributed by atoms with E-state index in [1.165, 1.54) is 6.92 Å². The van der Waals surface area contributed by atoms with Crippen molar-refractivity contribution in [2.75, 3.05) is 13.7 Å². The van der Waals surface area contributed by atoms with Gasteiger partial charge < -0.3 is 14.2 Å². The van der Waals surface area contributed by atoms with Crippen molar-refractivity contribution in [3.63, 3.8) is 0 Å². The predicted octanol–water partition coefficient (Wildman–Crippen LogP) is 3.03. The van der Waals surface area contributed by atoms with Gasteiger partial charge in [0.05, 0.1) is 31.4 Å². The lowest BCUT2D eigenvalue weighted by atomic mass is 10.1. The number of carbonyl (C=O) groups excluding carboxylic acids is 1. The second kappa shape index (κ2) is 7.23. The van der Waals surface area contributed by atoms with Gasteiger partial charge in [-0.25, -0.2) is 13.8 Å². The zero-order valence-corrected chi connectivity index (χ0v) is 11.5. The minimum atomic E-state index is -5.18. The van der Waals surface area contributed by atoms with Crippen molar-refractivity contribution in [2.45, 2.75) is 26.1 Å². The summed E-state index contributed by atoms with van der Waals surface area (Å²) in [5.74, 6) is -2.49. The van der Waals surface area contributed by atoms with E-state index in [0.29, 0.717) is 6.07 Å². The molecular formula is C12H12F5NO4. The van der Waals surface area contributed by atoms with Crippen LogP contribution in [0.2, 0.25) is 0 Å². The van der Waals surface area contributed by atoms with E-state index in [2.05, 4.69) is 19.2 Å². The van der Waals surface area contributed by atoms with Gasteiger partial charge in [-0.15, -0.1) is 13.2 Å². The van der Waals surface area contributed by atoms with Crippen LogP contribution < -0.4 is 9.47 Å². The molecule has 1 aromatic heterocycles. The highest BCUT2D eigenvalue weighted by Crippen LogP contribution is 2.37. The summed E-state index contributed by atoms with van der Waals surface area (Å²) in [7, 11) is 1.08. The molecule has 0 aliphatic rings. The Morgan fingerprint density at radius 1 is 1.36 bits per heavy atom. The van der Waals surface area contributed by atoms with Gasteiger partial charge in [-0.1, -0.05) is 0 Å². The van der Waals surface area contributed by atoms with Crippen LogP contribution in [0.1, 0.15) is 24.6 Å². The monoisotopic (exact) mass is 329 g/mol. The van der Waals surface area contributed by atoms with Gasteiger partial charge in [0, 0.05) is 6.07 Å². The summed E-state index contributed by atoms with van der Waals surface area (Å²) in [5.41, 5.74) is -1.74. The number of pyridine rings is 1. The van der Waals surface area contributed by atoms with Gasteiger partial charge in [-0.05, 0) is 6.92 Å². The molecule has 0 saturated heterocycles. The molecule has 10 heteroatoms.